The predicted molar refractivity (Wildman–Crippen MR) is 93.1 cm³/mol. The minimum atomic E-state index is -4.75. The quantitative estimate of drug-likeness (QED) is 0.680. The topological polar surface area (TPSA) is 84.9 Å². The molecule has 0 atom stereocenters. The molecule has 2 aromatic rings. The van der Waals surface area contributed by atoms with Gasteiger partial charge in [0.15, 0.2) is 6.61 Å². The van der Waals surface area contributed by atoms with Crippen LogP contribution in [0.2, 0.25) is 0 Å². The van der Waals surface area contributed by atoms with Gasteiger partial charge in [-0.05, 0) is 41.8 Å². The molecular formula is C19H18F3NO5. The van der Waals surface area contributed by atoms with Crippen LogP contribution < -0.4 is 14.8 Å². The third kappa shape index (κ3) is 7.98. The Morgan fingerprint density at radius 3 is 2.07 bits per heavy atom. The normalized spacial score (nSPS) is 11.0. The van der Waals surface area contributed by atoms with Gasteiger partial charge in [-0.2, -0.15) is 0 Å². The van der Waals surface area contributed by atoms with E-state index in [9.17, 15) is 22.8 Å². The fraction of sp³-hybridized carbons (Fsp3) is 0.263. The van der Waals surface area contributed by atoms with E-state index in [-0.39, 0.29) is 18.1 Å². The van der Waals surface area contributed by atoms with Crippen molar-refractivity contribution in [2.75, 3.05) is 13.2 Å². The number of carbonyl (C=O) groups is 2. The zero-order chi connectivity index (χ0) is 20.6. The molecule has 0 unspecified atom stereocenters. The number of alkyl halides is 3. The highest BCUT2D eigenvalue weighted by molar-refractivity contribution is 5.78. The first-order valence-corrected chi connectivity index (χ1v) is 8.26. The highest BCUT2D eigenvalue weighted by atomic mass is 19.4. The minimum absolute atomic E-state index is 0.0360. The summed E-state index contributed by atoms with van der Waals surface area (Å²) in [5.41, 5.74) is 1.49. The number of hydrogen-bond donors (Lipinski definition) is 2. The number of carboxylic acid groups (broad SMARTS) is 1. The first-order valence-electron chi connectivity index (χ1n) is 8.26. The number of nitrogens with one attached hydrogen (secondary N) is 1. The van der Waals surface area contributed by atoms with Gasteiger partial charge < -0.3 is 19.9 Å². The molecule has 2 aromatic carbocycles. The lowest BCUT2D eigenvalue weighted by Crippen LogP contribution is -2.27. The van der Waals surface area contributed by atoms with E-state index in [1.165, 1.54) is 12.1 Å². The SMILES string of the molecule is O=C(O)COc1ccc(CCNC(=O)Cc2ccc(OC(F)(F)F)cc2)cc1. The number of benzene rings is 2. The Kier molecular flexibility index (Phi) is 7.25. The lowest BCUT2D eigenvalue weighted by Gasteiger charge is -2.09. The summed E-state index contributed by atoms with van der Waals surface area (Å²) in [4.78, 5) is 22.4. The van der Waals surface area contributed by atoms with Crippen LogP contribution in [0, 0.1) is 0 Å². The average Bonchev–Trinajstić information content (AvgIpc) is 2.61. The molecule has 0 spiro atoms. The first kappa shape index (κ1) is 21.1. The van der Waals surface area contributed by atoms with Gasteiger partial charge >= 0.3 is 12.3 Å². The smallest absolute Gasteiger partial charge is 0.482 e. The summed E-state index contributed by atoms with van der Waals surface area (Å²) in [5, 5.41) is 11.3. The molecular weight excluding hydrogens is 379 g/mol. The molecule has 0 bridgehead atoms. The molecule has 0 aliphatic carbocycles. The number of halogens is 3. The van der Waals surface area contributed by atoms with Crippen LogP contribution in [-0.2, 0) is 22.4 Å². The van der Waals surface area contributed by atoms with Gasteiger partial charge in [0.25, 0.3) is 0 Å². The van der Waals surface area contributed by atoms with Gasteiger partial charge in [-0.1, -0.05) is 24.3 Å². The van der Waals surface area contributed by atoms with Crippen LogP contribution >= 0.6 is 0 Å². The summed E-state index contributed by atoms with van der Waals surface area (Å²) in [6.45, 7) is -0.0395. The molecule has 0 aliphatic rings. The molecule has 1 amide bonds. The van der Waals surface area contributed by atoms with E-state index in [1.54, 1.807) is 24.3 Å². The Bertz CT molecular complexity index is 789. The largest absolute Gasteiger partial charge is 0.573 e. The number of hydrogen-bond acceptors (Lipinski definition) is 4. The molecule has 150 valence electrons. The van der Waals surface area contributed by atoms with Gasteiger partial charge in [-0.25, -0.2) is 4.79 Å². The predicted octanol–water partition coefficient (Wildman–Crippen LogP) is 2.95. The molecule has 2 N–H and O–H groups in total. The molecule has 0 fully saturated rings. The van der Waals surface area contributed by atoms with Crippen LogP contribution in [0.1, 0.15) is 11.1 Å². The highest BCUT2D eigenvalue weighted by Gasteiger charge is 2.30. The van der Waals surface area contributed by atoms with Gasteiger partial charge in [0.05, 0.1) is 6.42 Å². The van der Waals surface area contributed by atoms with Gasteiger partial charge in [-0.15, -0.1) is 13.2 Å². The van der Waals surface area contributed by atoms with Gasteiger partial charge in [0, 0.05) is 6.54 Å². The summed E-state index contributed by atoms with van der Waals surface area (Å²) in [6, 6.07) is 11.9. The number of carboxylic acids is 1. The Balaban J connectivity index is 1.73. The number of aliphatic carboxylic acids is 1. The van der Waals surface area contributed by atoms with Crippen LogP contribution in [0.25, 0.3) is 0 Å². The molecule has 0 radical (unpaired) electrons. The molecule has 0 heterocycles. The van der Waals surface area contributed by atoms with E-state index >= 15 is 0 Å². The molecule has 28 heavy (non-hydrogen) atoms. The summed E-state index contributed by atoms with van der Waals surface area (Å²) in [7, 11) is 0. The van der Waals surface area contributed by atoms with Crippen LogP contribution in [0.3, 0.4) is 0 Å². The Hall–Kier alpha value is -3.23. The van der Waals surface area contributed by atoms with Crippen LogP contribution in [0.4, 0.5) is 13.2 Å². The second kappa shape index (κ2) is 9.63. The zero-order valence-electron chi connectivity index (χ0n) is 14.7. The van der Waals surface area contributed by atoms with Crippen molar-refractivity contribution in [3.63, 3.8) is 0 Å². The fourth-order valence-electron chi connectivity index (χ4n) is 2.30. The Morgan fingerprint density at radius 2 is 1.50 bits per heavy atom. The number of carbonyl (C=O) groups excluding carboxylic acids is 1. The molecule has 9 heteroatoms. The van der Waals surface area contributed by atoms with Gasteiger partial charge in [-0.3, -0.25) is 4.79 Å². The summed E-state index contributed by atoms with van der Waals surface area (Å²) in [6.07, 6.45) is -4.16. The lowest BCUT2D eigenvalue weighted by molar-refractivity contribution is -0.274. The van der Waals surface area contributed by atoms with Crippen molar-refractivity contribution in [3.05, 3.63) is 59.7 Å². The molecule has 0 saturated heterocycles. The summed E-state index contributed by atoms with van der Waals surface area (Å²) in [5.74, 6) is -1.22. The second-order valence-corrected chi connectivity index (χ2v) is 5.79. The number of rotatable bonds is 9. The maximum atomic E-state index is 12.1. The fourth-order valence-corrected chi connectivity index (χ4v) is 2.30. The van der Waals surface area contributed by atoms with E-state index in [0.717, 1.165) is 17.7 Å². The number of ether oxygens (including phenoxy) is 2. The molecule has 0 aliphatic heterocycles. The van der Waals surface area contributed by atoms with Gasteiger partial charge in [0.1, 0.15) is 11.5 Å². The van der Waals surface area contributed by atoms with Crippen molar-refractivity contribution < 1.29 is 37.3 Å². The van der Waals surface area contributed by atoms with Crippen molar-refractivity contribution in [2.45, 2.75) is 19.2 Å². The van der Waals surface area contributed by atoms with Crippen molar-refractivity contribution in [2.24, 2.45) is 0 Å². The van der Waals surface area contributed by atoms with E-state index in [0.29, 0.717) is 24.3 Å². The monoisotopic (exact) mass is 397 g/mol. The van der Waals surface area contributed by atoms with Crippen molar-refractivity contribution in [3.8, 4) is 11.5 Å². The average molecular weight is 397 g/mol. The molecule has 2 rings (SSSR count). The minimum Gasteiger partial charge on any atom is -0.482 e. The van der Waals surface area contributed by atoms with Crippen LogP contribution in [-0.4, -0.2) is 36.5 Å². The highest BCUT2D eigenvalue weighted by Crippen LogP contribution is 2.22. The summed E-state index contributed by atoms with van der Waals surface area (Å²) < 4.78 is 45.1. The molecule has 0 aromatic heterocycles. The molecule has 6 nitrogen and oxygen atoms in total. The first-order chi connectivity index (χ1) is 13.2. The van der Waals surface area contributed by atoms with E-state index < -0.39 is 18.9 Å². The van der Waals surface area contributed by atoms with Crippen molar-refractivity contribution in [1.29, 1.82) is 0 Å². The Morgan fingerprint density at radius 1 is 0.929 bits per heavy atom. The standard InChI is InChI=1S/C19H18F3NO5/c20-19(21,22)28-16-7-3-14(4-8-16)11-17(24)23-10-9-13-1-5-15(6-2-13)27-12-18(25)26/h1-8H,9-12H2,(H,23,24)(H,25,26). The summed E-state index contributed by atoms with van der Waals surface area (Å²) >= 11 is 0. The molecule has 0 saturated carbocycles. The number of amides is 1. The van der Waals surface area contributed by atoms with Crippen molar-refractivity contribution in [1.82, 2.24) is 5.32 Å². The van der Waals surface area contributed by atoms with Crippen LogP contribution in [0.5, 0.6) is 11.5 Å². The third-order valence-corrected chi connectivity index (χ3v) is 3.54. The van der Waals surface area contributed by atoms with Gasteiger partial charge in [0.2, 0.25) is 5.91 Å². The van der Waals surface area contributed by atoms with Crippen molar-refractivity contribution >= 4 is 11.9 Å². The maximum Gasteiger partial charge on any atom is 0.573 e. The maximum absolute atomic E-state index is 12.1. The lowest BCUT2D eigenvalue weighted by atomic mass is 10.1. The van der Waals surface area contributed by atoms with E-state index in [1.807, 2.05) is 0 Å². The van der Waals surface area contributed by atoms with Crippen LogP contribution in [0.15, 0.2) is 48.5 Å². The third-order valence-electron chi connectivity index (χ3n) is 3.54. The van der Waals surface area contributed by atoms with E-state index in [2.05, 4.69) is 10.1 Å². The second-order valence-electron chi connectivity index (χ2n) is 5.79. The Labute approximate surface area is 158 Å². The van der Waals surface area contributed by atoms with E-state index in [4.69, 9.17) is 9.84 Å². The zero-order valence-corrected chi connectivity index (χ0v) is 14.7.